The summed E-state index contributed by atoms with van der Waals surface area (Å²) in [6.45, 7) is 6.32. The third kappa shape index (κ3) is 2.36. The van der Waals surface area contributed by atoms with E-state index in [2.05, 4.69) is 19.3 Å². The van der Waals surface area contributed by atoms with E-state index >= 15 is 0 Å². The Morgan fingerprint density at radius 3 is 2.43 bits per heavy atom. The lowest BCUT2D eigenvalue weighted by molar-refractivity contribution is 0.343. The summed E-state index contributed by atoms with van der Waals surface area (Å²) in [4.78, 5) is 0. The Bertz CT molecular complexity index is 266. The number of rotatable bonds is 5. The fourth-order valence-corrected chi connectivity index (χ4v) is 1.89. The molecule has 0 saturated carbocycles. The van der Waals surface area contributed by atoms with Crippen LogP contribution in [-0.4, -0.2) is 0 Å². The molecule has 0 radical (unpaired) electrons. The fourth-order valence-electron chi connectivity index (χ4n) is 1.89. The predicted molar refractivity (Wildman–Crippen MR) is 57.6 cm³/mol. The lowest BCUT2D eigenvalue weighted by atomic mass is 9.90. The van der Waals surface area contributed by atoms with Crippen LogP contribution in [0.25, 0.3) is 0 Å². The highest BCUT2D eigenvalue weighted by molar-refractivity contribution is 5.17. The number of furan rings is 1. The molecule has 0 aliphatic carbocycles. The van der Waals surface area contributed by atoms with Gasteiger partial charge in [0.15, 0.2) is 0 Å². The Morgan fingerprint density at radius 1 is 1.43 bits per heavy atom. The summed E-state index contributed by atoms with van der Waals surface area (Å²) in [6, 6.07) is 2.26. The molecule has 1 rings (SSSR count). The van der Waals surface area contributed by atoms with Gasteiger partial charge in [0, 0.05) is 5.56 Å². The summed E-state index contributed by atoms with van der Waals surface area (Å²) < 4.78 is 5.29. The summed E-state index contributed by atoms with van der Waals surface area (Å²) in [7, 11) is 0. The quantitative estimate of drug-likeness (QED) is 0.562. The maximum atomic E-state index is 5.57. The number of nitrogens with one attached hydrogen (secondary N) is 1. The van der Waals surface area contributed by atoms with Gasteiger partial charge in [0.25, 0.3) is 0 Å². The van der Waals surface area contributed by atoms with Gasteiger partial charge in [-0.05, 0) is 18.9 Å². The van der Waals surface area contributed by atoms with Gasteiger partial charge < -0.3 is 4.42 Å². The standard InChI is InChI=1S/C11H20N2O/c1-4-9(5-2)11(13-12)10-6-8(3)14-7-10/h6-7,9,11,13H,4-5,12H2,1-3H3. The number of hydrazine groups is 1. The van der Waals surface area contributed by atoms with Crippen LogP contribution in [0.3, 0.4) is 0 Å². The molecule has 0 saturated heterocycles. The van der Waals surface area contributed by atoms with Crippen LogP contribution in [0.5, 0.6) is 0 Å². The highest BCUT2D eigenvalue weighted by Gasteiger charge is 2.20. The van der Waals surface area contributed by atoms with Crippen molar-refractivity contribution in [2.45, 2.75) is 39.7 Å². The zero-order valence-corrected chi connectivity index (χ0v) is 9.21. The molecule has 0 aromatic carbocycles. The van der Waals surface area contributed by atoms with Crippen molar-refractivity contribution in [2.24, 2.45) is 11.8 Å². The maximum absolute atomic E-state index is 5.57. The van der Waals surface area contributed by atoms with E-state index in [9.17, 15) is 0 Å². The SMILES string of the molecule is CCC(CC)C(NN)c1coc(C)c1. The monoisotopic (exact) mass is 196 g/mol. The van der Waals surface area contributed by atoms with Crippen molar-refractivity contribution >= 4 is 0 Å². The van der Waals surface area contributed by atoms with Gasteiger partial charge in [-0.15, -0.1) is 0 Å². The molecule has 3 nitrogen and oxygen atoms in total. The summed E-state index contributed by atoms with van der Waals surface area (Å²) in [6.07, 6.45) is 4.03. The Hall–Kier alpha value is -0.800. The van der Waals surface area contributed by atoms with E-state index in [1.165, 1.54) is 0 Å². The van der Waals surface area contributed by atoms with Gasteiger partial charge in [-0.3, -0.25) is 11.3 Å². The van der Waals surface area contributed by atoms with Crippen LogP contribution in [0, 0.1) is 12.8 Å². The Kier molecular flexibility index (Phi) is 4.17. The van der Waals surface area contributed by atoms with Gasteiger partial charge in [-0.2, -0.15) is 0 Å². The van der Waals surface area contributed by atoms with Crippen molar-refractivity contribution in [3.63, 3.8) is 0 Å². The molecule has 0 bridgehead atoms. The van der Waals surface area contributed by atoms with Crippen LogP contribution in [0.1, 0.15) is 44.1 Å². The largest absolute Gasteiger partial charge is 0.469 e. The van der Waals surface area contributed by atoms with Crippen molar-refractivity contribution in [3.05, 3.63) is 23.7 Å². The van der Waals surface area contributed by atoms with Gasteiger partial charge in [-0.25, -0.2) is 0 Å². The molecule has 1 aromatic rings. The first-order valence-corrected chi connectivity index (χ1v) is 5.24. The summed E-state index contributed by atoms with van der Waals surface area (Å²) in [5.41, 5.74) is 4.03. The molecule has 0 fully saturated rings. The first kappa shape index (κ1) is 11.3. The van der Waals surface area contributed by atoms with E-state index in [-0.39, 0.29) is 6.04 Å². The average Bonchev–Trinajstić information content (AvgIpc) is 2.60. The Morgan fingerprint density at radius 2 is 2.07 bits per heavy atom. The van der Waals surface area contributed by atoms with Crippen LogP contribution in [-0.2, 0) is 0 Å². The van der Waals surface area contributed by atoms with Crippen LogP contribution in [0.2, 0.25) is 0 Å². The highest BCUT2D eigenvalue weighted by atomic mass is 16.3. The smallest absolute Gasteiger partial charge is 0.101 e. The van der Waals surface area contributed by atoms with Gasteiger partial charge in [0.2, 0.25) is 0 Å². The molecule has 0 aliphatic heterocycles. The van der Waals surface area contributed by atoms with Crippen molar-refractivity contribution in [1.82, 2.24) is 5.43 Å². The van der Waals surface area contributed by atoms with E-state index < -0.39 is 0 Å². The predicted octanol–water partition coefficient (Wildman–Crippen LogP) is 2.53. The van der Waals surface area contributed by atoms with Crippen LogP contribution in [0.15, 0.2) is 16.7 Å². The zero-order valence-electron chi connectivity index (χ0n) is 9.21. The second-order valence-corrected chi connectivity index (χ2v) is 3.71. The summed E-state index contributed by atoms with van der Waals surface area (Å²) in [5, 5.41) is 0. The second kappa shape index (κ2) is 5.17. The molecule has 3 N–H and O–H groups in total. The van der Waals surface area contributed by atoms with E-state index in [1.54, 1.807) is 6.26 Å². The highest BCUT2D eigenvalue weighted by Crippen LogP contribution is 2.27. The molecule has 0 spiro atoms. The molecule has 1 heterocycles. The van der Waals surface area contributed by atoms with E-state index in [4.69, 9.17) is 10.3 Å². The Labute approximate surface area is 85.6 Å². The molecule has 0 amide bonds. The summed E-state index contributed by atoms with van der Waals surface area (Å²) >= 11 is 0. The second-order valence-electron chi connectivity index (χ2n) is 3.71. The number of aryl methyl sites for hydroxylation is 1. The average molecular weight is 196 g/mol. The minimum atomic E-state index is 0.211. The lowest BCUT2D eigenvalue weighted by Gasteiger charge is -2.23. The maximum Gasteiger partial charge on any atom is 0.101 e. The summed E-state index contributed by atoms with van der Waals surface area (Å²) in [5.74, 6) is 7.08. The third-order valence-corrected chi connectivity index (χ3v) is 2.81. The normalized spacial score (nSPS) is 13.5. The van der Waals surface area contributed by atoms with Gasteiger partial charge in [0.1, 0.15) is 5.76 Å². The van der Waals surface area contributed by atoms with E-state index in [0.29, 0.717) is 5.92 Å². The molecular weight excluding hydrogens is 176 g/mol. The molecular formula is C11H20N2O. The van der Waals surface area contributed by atoms with Crippen molar-refractivity contribution in [2.75, 3.05) is 0 Å². The minimum absolute atomic E-state index is 0.211. The first-order valence-electron chi connectivity index (χ1n) is 5.24. The van der Waals surface area contributed by atoms with Crippen molar-refractivity contribution in [1.29, 1.82) is 0 Å². The van der Waals surface area contributed by atoms with Crippen LogP contribution in [0.4, 0.5) is 0 Å². The van der Waals surface area contributed by atoms with Crippen LogP contribution >= 0.6 is 0 Å². The van der Waals surface area contributed by atoms with Gasteiger partial charge >= 0.3 is 0 Å². The molecule has 0 aliphatic rings. The van der Waals surface area contributed by atoms with E-state index in [1.807, 2.05) is 13.0 Å². The molecule has 1 aromatic heterocycles. The first-order chi connectivity index (χ1) is 6.72. The molecule has 3 heteroatoms. The van der Waals surface area contributed by atoms with Gasteiger partial charge in [0.05, 0.1) is 12.3 Å². The topological polar surface area (TPSA) is 51.2 Å². The fraction of sp³-hybridized carbons (Fsp3) is 0.636. The minimum Gasteiger partial charge on any atom is -0.469 e. The van der Waals surface area contributed by atoms with Crippen molar-refractivity contribution < 1.29 is 4.42 Å². The molecule has 1 atom stereocenters. The molecule has 80 valence electrons. The third-order valence-electron chi connectivity index (χ3n) is 2.81. The lowest BCUT2D eigenvalue weighted by Crippen LogP contribution is -2.32. The van der Waals surface area contributed by atoms with Crippen molar-refractivity contribution in [3.8, 4) is 0 Å². The number of hydrogen-bond donors (Lipinski definition) is 2. The zero-order chi connectivity index (χ0) is 10.6. The number of nitrogens with two attached hydrogens (primary N) is 1. The molecule has 1 unspecified atom stereocenters. The molecule has 14 heavy (non-hydrogen) atoms. The Balaban J connectivity index is 2.80. The number of hydrogen-bond acceptors (Lipinski definition) is 3. The van der Waals surface area contributed by atoms with Gasteiger partial charge in [-0.1, -0.05) is 26.7 Å². The van der Waals surface area contributed by atoms with Crippen LogP contribution < -0.4 is 11.3 Å². The van der Waals surface area contributed by atoms with E-state index in [0.717, 1.165) is 24.2 Å².